The van der Waals surface area contributed by atoms with Crippen LogP contribution in [-0.2, 0) is 14.2 Å². The van der Waals surface area contributed by atoms with Gasteiger partial charge < -0.3 is 69.3 Å². The molecule has 2 saturated heterocycles. The Bertz CT molecular complexity index is 1490. The number of phenolic OH excluding ortho intramolecular Hbond substituents is 4. The molecule has 222 valence electrons. The van der Waals surface area contributed by atoms with Gasteiger partial charge in [-0.1, -0.05) is 0 Å². The highest BCUT2D eigenvalue weighted by Crippen LogP contribution is 2.43. The second-order valence-electron chi connectivity index (χ2n) is 9.78. The first-order valence-electron chi connectivity index (χ1n) is 12.4. The van der Waals surface area contributed by atoms with Crippen molar-refractivity contribution >= 4 is 11.0 Å². The zero-order valence-corrected chi connectivity index (χ0v) is 21.3. The fourth-order valence-electron chi connectivity index (χ4n) is 4.59. The number of aliphatic hydroxyl groups excluding tert-OH is 5. The Kier molecular flexibility index (Phi) is 7.71. The third-order valence-corrected chi connectivity index (χ3v) is 6.99. The van der Waals surface area contributed by atoms with E-state index in [1.54, 1.807) is 0 Å². The summed E-state index contributed by atoms with van der Waals surface area (Å²) in [4.78, 5) is 12.7. The number of hydrogen-bond acceptors (Lipinski definition) is 15. The van der Waals surface area contributed by atoms with Crippen LogP contribution in [0.1, 0.15) is 6.92 Å². The van der Waals surface area contributed by atoms with Gasteiger partial charge in [0, 0.05) is 17.7 Å². The maximum absolute atomic E-state index is 12.7. The molecule has 3 aromatic rings. The van der Waals surface area contributed by atoms with Crippen molar-refractivity contribution in [3.8, 4) is 40.1 Å². The zero-order valence-electron chi connectivity index (χ0n) is 21.3. The number of rotatable bonds is 5. The Morgan fingerprint density at radius 3 is 2.22 bits per heavy atom. The highest BCUT2D eigenvalue weighted by Gasteiger charge is 2.47. The van der Waals surface area contributed by atoms with Gasteiger partial charge in [0.1, 0.15) is 53.4 Å². The van der Waals surface area contributed by atoms with Crippen LogP contribution in [0.3, 0.4) is 0 Å². The number of aromatic hydroxyl groups is 4. The van der Waals surface area contributed by atoms with E-state index in [0.717, 1.165) is 18.2 Å². The van der Waals surface area contributed by atoms with Crippen molar-refractivity contribution in [3.05, 3.63) is 40.6 Å². The van der Waals surface area contributed by atoms with Gasteiger partial charge in [-0.2, -0.15) is 0 Å². The van der Waals surface area contributed by atoms with Crippen LogP contribution in [0.25, 0.3) is 22.3 Å². The Hall–Kier alpha value is -3.67. The van der Waals surface area contributed by atoms with Gasteiger partial charge in [-0.15, -0.1) is 0 Å². The molecule has 41 heavy (non-hydrogen) atoms. The molecule has 2 aliphatic heterocycles. The first-order valence-corrected chi connectivity index (χ1v) is 12.4. The molecular weight excluding hydrogens is 552 g/mol. The minimum Gasteiger partial charge on any atom is -0.504 e. The second kappa shape index (κ2) is 11.0. The van der Waals surface area contributed by atoms with Gasteiger partial charge in [-0.3, -0.25) is 4.79 Å². The first kappa shape index (κ1) is 28.8. The molecule has 0 radical (unpaired) electrons. The molecule has 9 atom stereocenters. The van der Waals surface area contributed by atoms with Gasteiger partial charge in [-0.05, 0) is 25.1 Å². The largest absolute Gasteiger partial charge is 0.504 e. The van der Waals surface area contributed by atoms with Crippen LogP contribution in [0.15, 0.2) is 39.5 Å². The summed E-state index contributed by atoms with van der Waals surface area (Å²) in [5.74, 6) is -3.20. The fourth-order valence-corrected chi connectivity index (χ4v) is 4.59. The van der Waals surface area contributed by atoms with E-state index in [-0.39, 0.29) is 16.9 Å². The quantitative estimate of drug-likeness (QED) is 0.163. The molecule has 1 aromatic heterocycles. The maximum atomic E-state index is 12.7. The average Bonchev–Trinajstić information content (AvgIpc) is 2.93. The lowest BCUT2D eigenvalue weighted by Gasteiger charge is -2.43. The SMILES string of the molecule is C[C@@H]1O[C@@H](O[C@@H]2CO[C@@H](Oc3cc4oc(-c5ccc(O)c(O)c5)cc(=O)c4c(O)c3O)[C@H](O)[C@H]2O)[C@H](O)[C@H](O)[C@H]1O. The van der Waals surface area contributed by atoms with Crippen LogP contribution in [0.5, 0.6) is 28.7 Å². The summed E-state index contributed by atoms with van der Waals surface area (Å²) in [6.45, 7) is 1.01. The zero-order chi connectivity index (χ0) is 29.7. The normalized spacial score (nSPS) is 32.2. The number of ether oxygens (including phenoxy) is 4. The van der Waals surface area contributed by atoms with Crippen molar-refractivity contribution in [1.82, 2.24) is 0 Å². The maximum Gasteiger partial charge on any atom is 0.229 e. The van der Waals surface area contributed by atoms with Gasteiger partial charge in [0.25, 0.3) is 0 Å². The molecule has 2 fully saturated rings. The highest BCUT2D eigenvalue weighted by atomic mass is 16.7. The Balaban J connectivity index is 1.36. The Morgan fingerprint density at radius 1 is 0.805 bits per heavy atom. The van der Waals surface area contributed by atoms with E-state index < -0.39 is 101 Å². The molecule has 0 aliphatic carbocycles. The molecule has 2 aromatic carbocycles. The average molecular weight is 580 g/mol. The van der Waals surface area contributed by atoms with Gasteiger partial charge in [0.05, 0.1) is 12.7 Å². The molecule has 0 saturated carbocycles. The van der Waals surface area contributed by atoms with Crippen molar-refractivity contribution in [1.29, 1.82) is 0 Å². The smallest absolute Gasteiger partial charge is 0.229 e. The lowest BCUT2D eigenvalue weighted by atomic mass is 9.99. The third-order valence-electron chi connectivity index (χ3n) is 6.99. The van der Waals surface area contributed by atoms with E-state index in [4.69, 9.17) is 23.4 Å². The molecule has 3 heterocycles. The molecule has 0 amide bonds. The number of benzene rings is 2. The van der Waals surface area contributed by atoms with Gasteiger partial charge >= 0.3 is 0 Å². The predicted octanol–water partition coefficient (Wildman–Crippen LogP) is -1.05. The van der Waals surface area contributed by atoms with Crippen LogP contribution in [0.2, 0.25) is 0 Å². The van der Waals surface area contributed by atoms with Crippen molar-refractivity contribution in [2.45, 2.75) is 62.2 Å². The summed E-state index contributed by atoms with van der Waals surface area (Å²) in [6.07, 6.45) is -13.4. The summed E-state index contributed by atoms with van der Waals surface area (Å²) in [5.41, 5.74) is -0.801. The minimum atomic E-state index is -1.81. The van der Waals surface area contributed by atoms with Gasteiger partial charge in [-0.25, -0.2) is 0 Å². The number of phenols is 4. The van der Waals surface area contributed by atoms with Crippen LogP contribution in [0.4, 0.5) is 0 Å². The lowest BCUT2D eigenvalue weighted by Crippen LogP contribution is -2.61. The number of hydrogen-bond donors (Lipinski definition) is 9. The molecule has 15 heteroatoms. The van der Waals surface area contributed by atoms with Crippen LogP contribution < -0.4 is 10.2 Å². The summed E-state index contributed by atoms with van der Waals surface area (Å²) < 4.78 is 27.4. The standard InChI is InChI=1S/C26H28O15/c1-8-18(30)22(34)24(36)26(38-8)41-16-7-37-25(23(35)20(16)32)40-15-6-14-17(21(33)19(15)31)12(29)5-13(39-14)9-2-3-10(27)11(28)4-9/h2-6,8,16,18,20,22-28,30-36H,7H2,1H3/t8-,16+,18-,20-,22+,23+,24+,25-,26-/m0/s1. The molecule has 9 N–H and O–H groups in total. The Labute approximate surface area is 230 Å². The molecule has 2 aliphatic rings. The molecule has 15 nitrogen and oxygen atoms in total. The molecule has 0 unspecified atom stereocenters. The lowest BCUT2D eigenvalue weighted by molar-refractivity contribution is -0.333. The van der Waals surface area contributed by atoms with Crippen molar-refractivity contribution < 1.29 is 69.3 Å². The van der Waals surface area contributed by atoms with E-state index in [2.05, 4.69) is 0 Å². The van der Waals surface area contributed by atoms with E-state index in [1.165, 1.54) is 19.1 Å². The molecule has 5 rings (SSSR count). The van der Waals surface area contributed by atoms with E-state index in [9.17, 15) is 50.8 Å². The molecule has 0 bridgehead atoms. The van der Waals surface area contributed by atoms with Crippen molar-refractivity contribution in [2.75, 3.05) is 6.61 Å². The first-order chi connectivity index (χ1) is 19.4. The van der Waals surface area contributed by atoms with Gasteiger partial charge in [0.15, 0.2) is 34.7 Å². The highest BCUT2D eigenvalue weighted by molar-refractivity contribution is 5.89. The minimum absolute atomic E-state index is 0.0581. The van der Waals surface area contributed by atoms with Crippen LogP contribution in [0, 0.1) is 0 Å². The van der Waals surface area contributed by atoms with Crippen molar-refractivity contribution in [3.63, 3.8) is 0 Å². The second-order valence-corrected chi connectivity index (χ2v) is 9.78. The van der Waals surface area contributed by atoms with E-state index in [1.807, 2.05) is 0 Å². The summed E-state index contributed by atoms with van der Waals surface area (Å²) in [6, 6.07) is 5.73. The third kappa shape index (κ3) is 5.25. The van der Waals surface area contributed by atoms with Crippen LogP contribution >= 0.6 is 0 Å². The van der Waals surface area contributed by atoms with E-state index >= 15 is 0 Å². The van der Waals surface area contributed by atoms with Crippen molar-refractivity contribution in [2.24, 2.45) is 0 Å². The topological polar surface area (TPSA) is 249 Å². The van der Waals surface area contributed by atoms with Gasteiger partial charge in [0.2, 0.25) is 12.0 Å². The molecule has 0 spiro atoms. The monoisotopic (exact) mass is 580 g/mol. The number of fused-ring (bicyclic) bond motifs is 1. The Morgan fingerprint density at radius 2 is 1.51 bits per heavy atom. The fraction of sp³-hybridized carbons (Fsp3) is 0.423. The molecular formula is C26H28O15. The summed E-state index contributed by atoms with van der Waals surface area (Å²) in [5, 5.41) is 91.2. The van der Waals surface area contributed by atoms with E-state index in [0.29, 0.717) is 0 Å². The predicted molar refractivity (Wildman–Crippen MR) is 134 cm³/mol. The van der Waals surface area contributed by atoms with Crippen LogP contribution in [-0.4, -0.2) is 108 Å². The number of aliphatic hydroxyl groups is 5. The summed E-state index contributed by atoms with van der Waals surface area (Å²) >= 11 is 0. The summed E-state index contributed by atoms with van der Waals surface area (Å²) in [7, 11) is 0.